The van der Waals surface area contributed by atoms with Crippen LogP contribution >= 0.6 is 23.4 Å². The van der Waals surface area contributed by atoms with Gasteiger partial charge in [0.2, 0.25) is 0 Å². The predicted molar refractivity (Wildman–Crippen MR) is 91.6 cm³/mol. The summed E-state index contributed by atoms with van der Waals surface area (Å²) in [7, 11) is 0. The molecule has 2 atom stereocenters. The van der Waals surface area contributed by atoms with E-state index in [9.17, 15) is 0 Å². The van der Waals surface area contributed by atoms with Crippen LogP contribution in [0.2, 0.25) is 5.02 Å². The minimum absolute atomic E-state index is 0.476. The molecule has 1 fully saturated rings. The van der Waals surface area contributed by atoms with E-state index in [4.69, 9.17) is 11.6 Å². The molecule has 2 unspecified atom stereocenters. The van der Waals surface area contributed by atoms with Gasteiger partial charge in [-0.3, -0.25) is 0 Å². The Kier molecular flexibility index (Phi) is 5.83. The first kappa shape index (κ1) is 16.2. The van der Waals surface area contributed by atoms with E-state index >= 15 is 0 Å². The van der Waals surface area contributed by atoms with Crippen LogP contribution in [0.3, 0.4) is 0 Å². The van der Waals surface area contributed by atoms with Crippen LogP contribution < -0.4 is 5.32 Å². The molecule has 1 aliphatic carbocycles. The first-order valence-corrected chi connectivity index (χ1v) is 9.03. The zero-order valence-corrected chi connectivity index (χ0v) is 14.4. The summed E-state index contributed by atoms with van der Waals surface area (Å²) in [5.74, 6) is 1.02. The van der Waals surface area contributed by atoms with Crippen molar-refractivity contribution in [2.24, 2.45) is 5.41 Å². The highest BCUT2D eigenvalue weighted by atomic mass is 35.5. The van der Waals surface area contributed by atoms with Crippen molar-refractivity contribution >= 4 is 23.4 Å². The highest BCUT2D eigenvalue weighted by Gasteiger charge is 2.34. The van der Waals surface area contributed by atoms with Gasteiger partial charge in [0.25, 0.3) is 0 Å². The summed E-state index contributed by atoms with van der Waals surface area (Å²) in [4.78, 5) is 0. The lowest BCUT2D eigenvalue weighted by Gasteiger charge is -2.41. The fourth-order valence-corrected chi connectivity index (χ4v) is 4.96. The Morgan fingerprint density at radius 1 is 1.35 bits per heavy atom. The molecule has 2 rings (SSSR count). The summed E-state index contributed by atoms with van der Waals surface area (Å²) >= 11 is 8.33. The lowest BCUT2D eigenvalue weighted by molar-refractivity contribution is 0.215. The Balaban J connectivity index is 1.98. The maximum Gasteiger partial charge on any atom is 0.0446 e. The van der Waals surface area contributed by atoms with E-state index in [0.717, 1.165) is 17.3 Å². The molecule has 1 aromatic rings. The predicted octanol–water partition coefficient (Wildman–Crippen LogP) is 5.13. The Labute approximate surface area is 132 Å². The van der Waals surface area contributed by atoms with Crippen LogP contribution in [-0.4, -0.2) is 17.8 Å². The number of nitrogens with one attached hydrogen (secondary N) is 1. The third-order valence-electron chi connectivity index (χ3n) is 4.21. The molecule has 1 aliphatic rings. The van der Waals surface area contributed by atoms with E-state index < -0.39 is 0 Å². The molecule has 1 nitrogen and oxygen atoms in total. The third kappa shape index (κ3) is 4.41. The molecule has 0 aromatic heterocycles. The Morgan fingerprint density at radius 2 is 2.10 bits per heavy atom. The summed E-state index contributed by atoms with van der Waals surface area (Å²) in [6.07, 6.45) is 3.91. The molecule has 0 saturated heterocycles. The Bertz CT molecular complexity index is 433. The van der Waals surface area contributed by atoms with Gasteiger partial charge in [0.1, 0.15) is 0 Å². The van der Waals surface area contributed by atoms with Crippen molar-refractivity contribution in [3.05, 3.63) is 34.9 Å². The van der Waals surface area contributed by atoms with Gasteiger partial charge in [0, 0.05) is 22.1 Å². The Hall–Kier alpha value is -0.180. The fraction of sp³-hybridized carbons (Fsp3) is 0.647. The topological polar surface area (TPSA) is 12.0 Å². The standard InChI is InChI=1S/C17H26ClNS/c1-4-19-15-9-10-17(2,3)11-16(15)20-12-13-7-5-6-8-14(13)18/h5-8,15-16,19H,4,9-12H2,1-3H3. The molecule has 0 bridgehead atoms. The van der Waals surface area contributed by atoms with Crippen LogP contribution in [0, 0.1) is 5.41 Å². The van der Waals surface area contributed by atoms with Gasteiger partial charge in [-0.15, -0.1) is 0 Å². The van der Waals surface area contributed by atoms with Crippen molar-refractivity contribution in [3.8, 4) is 0 Å². The van der Waals surface area contributed by atoms with Crippen molar-refractivity contribution in [3.63, 3.8) is 0 Å². The number of hydrogen-bond acceptors (Lipinski definition) is 2. The lowest BCUT2D eigenvalue weighted by atomic mass is 9.75. The molecule has 0 radical (unpaired) electrons. The van der Waals surface area contributed by atoms with Gasteiger partial charge in [-0.2, -0.15) is 11.8 Å². The van der Waals surface area contributed by atoms with E-state index in [0.29, 0.717) is 16.7 Å². The molecule has 20 heavy (non-hydrogen) atoms. The van der Waals surface area contributed by atoms with Gasteiger partial charge in [-0.25, -0.2) is 0 Å². The molecule has 0 aliphatic heterocycles. The van der Waals surface area contributed by atoms with E-state index in [1.165, 1.54) is 24.8 Å². The van der Waals surface area contributed by atoms with Crippen LogP contribution in [0.1, 0.15) is 45.6 Å². The Morgan fingerprint density at radius 3 is 2.80 bits per heavy atom. The summed E-state index contributed by atoms with van der Waals surface area (Å²) in [6, 6.07) is 8.87. The van der Waals surface area contributed by atoms with Crippen LogP contribution in [0.25, 0.3) is 0 Å². The quantitative estimate of drug-likeness (QED) is 0.809. The first-order chi connectivity index (χ1) is 9.52. The van der Waals surface area contributed by atoms with Gasteiger partial charge in [0.05, 0.1) is 0 Å². The largest absolute Gasteiger partial charge is 0.313 e. The van der Waals surface area contributed by atoms with Gasteiger partial charge < -0.3 is 5.32 Å². The van der Waals surface area contributed by atoms with Gasteiger partial charge in [-0.1, -0.05) is 50.6 Å². The third-order valence-corrected chi connectivity index (χ3v) is 5.98. The first-order valence-electron chi connectivity index (χ1n) is 7.60. The molecule has 0 spiro atoms. The zero-order valence-electron chi connectivity index (χ0n) is 12.8. The molecule has 1 N–H and O–H groups in total. The van der Waals surface area contributed by atoms with E-state index in [1.807, 2.05) is 12.1 Å². The van der Waals surface area contributed by atoms with Crippen LogP contribution in [0.5, 0.6) is 0 Å². The van der Waals surface area contributed by atoms with Gasteiger partial charge >= 0.3 is 0 Å². The van der Waals surface area contributed by atoms with Crippen LogP contribution in [0.4, 0.5) is 0 Å². The SMILES string of the molecule is CCNC1CCC(C)(C)CC1SCc1ccccc1Cl. The number of halogens is 1. The van der Waals surface area contributed by atoms with Crippen LogP contribution in [0.15, 0.2) is 24.3 Å². The highest BCUT2D eigenvalue weighted by molar-refractivity contribution is 7.99. The molecular formula is C17H26ClNS. The monoisotopic (exact) mass is 311 g/mol. The molecule has 0 amide bonds. The van der Waals surface area contributed by atoms with E-state index in [1.54, 1.807) is 0 Å². The van der Waals surface area contributed by atoms with Crippen molar-refractivity contribution in [2.75, 3.05) is 6.54 Å². The molecule has 112 valence electrons. The highest BCUT2D eigenvalue weighted by Crippen LogP contribution is 2.41. The summed E-state index contributed by atoms with van der Waals surface area (Å²) in [5.41, 5.74) is 1.74. The minimum atomic E-state index is 0.476. The van der Waals surface area contributed by atoms with E-state index in [-0.39, 0.29) is 0 Å². The average molecular weight is 312 g/mol. The summed E-state index contributed by atoms with van der Waals surface area (Å²) in [5, 5.41) is 5.26. The van der Waals surface area contributed by atoms with E-state index in [2.05, 4.69) is 50.0 Å². The second-order valence-electron chi connectivity index (χ2n) is 6.51. The number of hydrogen-bond donors (Lipinski definition) is 1. The molecule has 0 heterocycles. The van der Waals surface area contributed by atoms with Crippen molar-refractivity contribution in [2.45, 2.75) is 57.1 Å². The van der Waals surface area contributed by atoms with Crippen molar-refractivity contribution < 1.29 is 0 Å². The maximum atomic E-state index is 6.27. The normalized spacial score (nSPS) is 25.6. The zero-order chi connectivity index (χ0) is 14.6. The number of benzene rings is 1. The number of thioether (sulfide) groups is 1. The minimum Gasteiger partial charge on any atom is -0.313 e. The molecular weight excluding hydrogens is 286 g/mol. The van der Waals surface area contributed by atoms with Crippen molar-refractivity contribution in [1.82, 2.24) is 5.32 Å². The fourth-order valence-electron chi connectivity index (χ4n) is 3.00. The summed E-state index contributed by atoms with van der Waals surface area (Å²) < 4.78 is 0. The molecule has 3 heteroatoms. The van der Waals surface area contributed by atoms with Gasteiger partial charge in [-0.05, 0) is 42.9 Å². The number of rotatable bonds is 5. The molecule has 1 saturated carbocycles. The smallest absolute Gasteiger partial charge is 0.0446 e. The second kappa shape index (κ2) is 7.20. The van der Waals surface area contributed by atoms with Crippen molar-refractivity contribution in [1.29, 1.82) is 0 Å². The second-order valence-corrected chi connectivity index (χ2v) is 8.15. The summed E-state index contributed by atoms with van der Waals surface area (Å²) in [6.45, 7) is 8.07. The maximum absolute atomic E-state index is 6.27. The van der Waals surface area contributed by atoms with Crippen LogP contribution in [-0.2, 0) is 5.75 Å². The van der Waals surface area contributed by atoms with Gasteiger partial charge in [0.15, 0.2) is 0 Å². The average Bonchev–Trinajstić information content (AvgIpc) is 2.40. The molecule has 1 aromatic carbocycles. The lowest BCUT2D eigenvalue weighted by Crippen LogP contribution is -2.44.